The summed E-state index contributed by atoms with van der Waals surface area (Å²) < 4.78 is 46.7. The van der Waals surface area contributed by atoms with E-state index in [1.54, 1.807) is 0 Å². The van der Waals surface area contributed by atoms with E-state index < -0.39 is 155 Å². The van der Waals surface area contributed by atoms with Crippen LogP contribution in [0.5, 0.6) is 0 Å². The predicted molar refractivity (Wildman–Crippen MR) is 252 cm³/mol. The standard InChI is InChI=1S/C50H86O22/c1-3-5-7-9-14-19-50(20-15-10-8-6-4-2,29-16-12-11-13-17-29)21-18-28(26-65-46-42(63)38(59)44(32(24-53)69-46)71-48-40(61)36(57)34(55)30(22-51)67-48)27-66-47-43(64)39(60)45(33(25-54)70-47)72-49-41(62)37(58)35(56)31(23-52)68-49/h11-13,16-17,28,30-49,51-64H,3-10,14-15,18-27H2,1-2H3/t30-,31-,32-,33-,34-,35-,36+,37+,38-,39-,40-,41-,42-,43-,44-,45-,46-,47-,48-,49-/m0/s1. The van der Waals surface area contributed by atoms with E-state index in [9.17, 15) is 71.5 Å². The van der Waals surface area contributed by atoms with Gasteiger partial charge in [-0.25, -0.2) is 0 Å². The van der Waals surface area contributed by atoms with Gasteiger partial charge in [-0.2, -0.15) is 0 Å². The van der Waals surface area contributed by atoms with E-state index in [0.717, 1.165) is 77.0 Å². The van der Waals surface area contributed by atoms with Crippen molar-refractivity contribution in [2.45, 2.75) is 232 Å². The van der Waals surface area contributed by atoms with E-state index in [4.69, 9.17) is 37.9 Å². The zero-order chi connectivity index (χ0) is 52.5. The molecule has 14 N–H and O–H groups in total. The molecule has 4 heterocycles. The minimum atomic E-state index is -1.85. The van der Waals surface area contributed by atoms with Crippen molar-refractivity contribution in [1.82, 2.24) is 0 Å². The second kappa shape index (κ2) is 30.3. The van der Waals surface area contributed by atoms with E-state index >= 15 is 0 Å². The van der Waals surface area contributed by atoms with E-state index in [1.165, 1.54) is 5.56 Å². The van der Waals surface area contributed by atoms with Crippen LogP contribution in [-0.2, 0) is 43.3 Å². The normalized spacial score (nSPS) is 37.8. The molecule has 0 unspecified atom stereocenters. The number of aliphatic hydroxyl groups is 14. The Kier molecular flexibility index (Phi) is 25.8. The lowest BCUT2D eigenvalue weighted by Crippen LogP contribution is -2.65. The van der Waals surface area contributed by atoms with Gasteiger partial charge in [-0.15, -0.1) is 0 Å². The zero-order valence-corrected chi connectivity index (χ0v) is 41.7. The Labute approximate surface area is 421 Å². The largest absolute Gasteiger partial charge is 0.394 e. The van der Waals surface area contributed by atoms with Crippen molar-refractivity contribution in [2.24, 2.45) is 5.92 Å². The van der Waals surface area contributed by atoms with Gasteiger partial charge >= 0.3 is 0 Å². The predicted octanol–water partition coefficient (Wildman–Crippen LogP) is -1.68. The van der Waals surface area contributed by atoms with Crippen molar-refractivity contribution in [3.8, 4) is 0 Å². The number of rotatable bonds is 30. The van der Waals surface area contributed by atoms with Crippen LogP contribution in [0.1, 0.15) is 109 Å². The lowest BCUT2D eigenvalue weighted by molar-refractivity contribution is -0.363. The molecule has 0 radical (unpaired) electrons. The fourth-order valence-electron chi connectivity index (χ4n) is 10.3. The molecule has 0 aromatic heterocycles. The van der Waals surface area contributed by atoms with Gasteiger partial charge in [0.05, 0.1) is 39.6 Å². The first-order chi connectivity index (χ1) is 34.6. The molecule has 1 aromatic carbocycles. The molecule has 20 atom stereocenters. The summed E-state index contributed by atoms with van der Waals surface area (Å²) >= 11 is 0. The topological polar surface area (TPSA) is 357 Å². The minimum Gasteiger partial charge on any atom is -0.394 e. The van der Waals surface area contributed by atoms with E-state index in [0.29, 0.717) is 12.8 Å². The SMILES string of the molecule is CCCCCCCC(CCCCCCC)(CCC(CO[C@H]1O[C@@H](CO)[C@H](O[C@@H]2O[C@@H](CO)[C@H](O)[C@@H](O)[C@@H]2O)[C@@H](O)[C@@H]1O)CO[C@H]1O[C@@H](CO)[C@H](O[C@@H]2O[C@@H](CO)[C@H](O)[C@@H](O)[C@@H]2O)[C@@H](O)[C@@H]1O)c1ccccc1. The average molecular weight is 1040 g/mol. The van der Waals surface area contributed by atoms with Gasteiger partial charge in [0.25, 0.3) is 0 Å². The quantitative estimate of drug-likeness (QED) is 0.0383. The summed E-state index contributed by atoms with van der Waals surface area (Å²) in [5.74, 6) is -0.569. The summed E-state index contributed by atoms with van der Waals surface area (Å²) in [7, 11) is 0. The Balaban J connectivity index is 1.37. The minimum absolute atomic E-state index is 0.194. The third-order valence-corrected chi connectivity index (χ3v) is 14.8. The third kappa shape index (κ3) is 15.7. The van der Waals surface area contributed by atoms with Crippen molar-refractivity contribution in [3.05, 3.63) is 35.9 Å². The molecular weight excluding hydrogens is 953 g/mol. The van der Waals surface area contributed by atoms with Crippen LogP contribution in [0.2, 0.25) is 0 Å². The maximum Gasteiger partial charge on any atom is 0.187 e. The summed E-state index contributed by atoms with van der Waals surface area (Å²) in [5.41, 5.74) is 0.910. The maximum atomic E-state index is 11.4. The smallest absolute Gasteiger partial charge is 0.187 e. The first-order valence-electron chi connectivity index (χ1n) is 26.1. The van der Waals surface area contributed by atoms with Crippen molar-refractivity contribution >= 4 is 0 Å². The van der Waals surface area contributed by atoms with Gasteiger partial charge in [-0.3, -0.25) is 0 Å². The van der Waals surface area contributed by atoms with E-state index in [-0.39, 0.29) is 18.6 Å². The highest BCUT2D eigenvalue weighted by molar-refractivity contribution is 5.25. The van der Waals surface area contributed by atoms with Gasteiger partial charge in [0.1, 0.15) is 97.7 Å². The number of hydrogen-bond acceptors (Lipinski definition) is 22. The highest BCUT2D eigenvalue weighted by Gasteiger charge is 2.53. The molecular formula is C50H86O22. The summed E-state index contributed by atoms with van der Waals surface area (Å²) in [5, 5.41) is 148. The van der Waals surface area contributed by atoms with Crippen LogP contribution in [-0.4, -0.2) is 234 Å². The summed E-state index contributed by atoms with van der Waals surface area (Å²) in [6.07, 6.45) is -19.4. The van der Waals surface area contributed by atoms with Crippen molar-refractivity contribution in [3.63, 3.8) is 0 Å². The number of aliphatic hydroxyl groups excluding tert-OH is 14. The van der Waals surface area contributed by atoms with Gasteiger partial charge in [0, 0.05) is 5.92 Å². The van der Waals surface area contributed by atoms with Gasteiger partial charge in [-0.1, -0.05) is 108 Å². The van der Waals surface area contributed by atoms with Gasteiger partial charge < -0.3 is 109 Å². The molecule has 1 aromatic rings. The Bertz CT molecular complexity index is 1520. The molecule has 22 nitrogen and oxygen atoms in total. The Morgan fingerprint density at radius 1 is 0.431 bits per heavy atom. The number of unbranched alkanes of at least 4 members (excludes halogenated alkanes) is 8. The van der Waals surface area contributed by atoms with E-state index in [1.807, 2.05) is 18.2 Å². The molecule has 72 heavy (non-hydrogen) atoms. The molecule has 4 saturated heterocycles. The zero-order valence-electron chi connectivity index (χ0n) is 41.7. The molecule has 0 spiro atoms. The summed E-state index contributed by atoms with van der Waals surface area (Å²) in [4.78, 5) is 0. The van der Waals surface area contributed by atoms with Gasteiger partial charge in [-0.05, 0) is 36.7 Å². The van der Waals surface area contributed by atoms with Crippen LogP contribution in [0.3, 0.4) is 0 Å². The van der Waals surface area contributed by atoms with Crippen LogP contribution < -0.4 is 0 Å². The van der Waals surface area contributed by atoms with E-state index in [2.05, 4.69) is 26.0 Å². The fourth-order valence-corrected chi connectivity index (χ4v) is 10.3. The molecule has 0 saturated carbocycles. The summed E-state index contributed by atoms with van der Waals surface area (Å²) in [6, 6.07) is 10.3. The van der Waals surface area contributed by atoms with Crippen LogP contribution in [0.4, 0.5) is 0 Å². The average Bonchev–Trinajstić information content (AvgIpc) is 3.39. The van der Waals surface area contributed by atoms with Crippen LogP contribution >= 0.6 is 0 Å². The molecule has 4 aliphatic heterocycles. The van der Waals surface area contributed by atoms with Crippen LogP contribution in [0.15, 0.2) is 30.3 Å². The van der Waals surface area contributed by atoms with Gasteiger partial charge in [0.15, 0.2) is 25.2 Å². The second-order valence-electron chi connectivity index (χ2n) is 20.1. The molecule has 22 heteroatoms. The molecule has 418 valence electrons. The number of hydrogen-bond donors (Lipinski definition) is 14. The highest BCUT2D eigenvalue weighted by Crippen LogP contribution is 2.42. The maximum absolute atomic E-state index is 11.4. The number of ether oxygens (including phenoxy) is 8. The van der Waals surface area contributed by atoms with Gasteiger partial charge in [0.2, 0.25) is 0 Å². The molecule has 4 fully saturated rings. The fraction of sp³-hybridized carbons (Fsp3) is 0.880. The van der Waals surface area contributed by atoms with Crippen LogP contribution in [0.25, 0.3) is 0 Å². The molecule has 0 amide bonds. The first kappa shape index (κ1) is 61.2. The monoisotopic (exact) mass is 1040 g/mol. The second-order valence-corrected chi connectivity index (χ2v) is 20.1. The molecule has 0 aliphatic carbocycles. The highest BCUT2D eigenvalue weighted by atomic mass is 16.8. The lowest BCUT2D eigenvalue weighted by atomic mass is 9.68. The van der Waals surface area contributed by atoms with Crippen LogP contribution in [0, 0.1) is 5.92 Å². The summed E-state index contributed by atoms with van der Waals surface area (Å²) in [6.45, 7) is 0.904. The third-order valence-electron chi connectivity index (χ3n) is 14.8. The molecule has 5 rings (SSSR count). The Morgan fingerprint density at radius 3 is 1.19 bits per heavy atom. The first-order valence-corrected chi connectivity index (χ1v) is 26.1. The Morgan fingerprint density at radius 2 is 0.806 bits per heavy atom. The lowest BCUT2D eigenvalue weighted by Gasteiger charge is -2.46. The van der Waals surface area contributed by atoms with Crippen molar-refractivity contribution < 1.29 is 109 Å². The van der Waals surface area contributed by atoms with Crippen molar-refractivity contribution in [1.29, 1.82) is 0 Å². The van der Waals surface area contributed by atoms with Crippen molar-refractivity contribution in [2.75, 3.05) is 39.6 Å². The molecule has 4 aliphatic rings. The Hall–Kier alpha value is -1.66. The number of benzene rings is 1. The molecule has 0 bridgehead atoms.